The third kappa shape index (κ3) is 6.72. The SMILES string of the molecule is N#CCCNC(=O)COC(=O)COc1ccc(F)cc1Br. The number of halogens is 2. The van der Waals surface area contributed by atoms with E-state index in [0.717, 1.165) is 0 Å². The number of nitriles is 1. The molecule has 1 aromatic rings. The number of amides is 1. The van der Waals surface area contributed by atoms with Gasteiger partial charge in [0.15, 0.2) is 13.2 Å². The fourth-order valence-electron chi connectivity index (χ4n) is 1.23. The molecule has 0 spiro atoms. The van der Waals surface area contributed by atoms with E-state index >= 15 is 0 Å². The van der Waals surface area contributed by atoms with Crippen LogP contribution in [-0.2, 0) is 14.3 Å². The predicted octanol–water partition coefficient (Wildman–Crippen LogP) is 1.54. The molecule has 1 N–H and O–H groups in total. The van der Waals surface area contributed by atoms with E-state index in [1.807, 2.05) is 6.07 Å². The standard InChI is InChI=1S/C13H12BrFN2O4/c14-10-6-9(15)2-3-11(10)20-8-13(19)21-7-12(18)17-5-1-4-16/h2-3,6H,1,5,7-8H2,(H,17,18). The summed E-state index contributed by atoms with van der Waals surface area (Å²) in [5.74, 6) is -1.39. The largest absolute Gasteiger partial charge is 0.481 e. The molecule has 0 saturated carbocycles. The number of ether oxygens (including phenoxy) is 2. The zero-order valence-corrected chi connectivity index (χ0v) is 12.5. The van der Waals surface area contributed by atoms with E-state index in [-0.39, 0.29) is 18.7 Å². The van der Waals surface area contributed by atoms with E-state index < -0.39 is 30.9 Å². The Labute approximate surface area is 129 Å². The highest BCUT2D eigenvalue weighted by atomic mass is 79.9. The van der Waals surface area contributed by atoms with Gasteiger partial charge in [0.25, 0.3) is 5.91 Å². The number of hydrogen-bond acceptors (Lipinski definition) is 5. The highest BCUT2D eigenvalue weighted by molar-refractivity contribution is 9.10. The van der Waals surface area contributed by atoms with Gasteiger partial charge in [0.1, 0.15) is 11.6 Å². The van der Waals surface area contributed by atoms with Crippen LogP contribution in [0.25, 0.3) is 0 Å². The van der Waals surface area contributed by atoms with Gasteiger partial charge in [0.2, 0.25) is 0 Å². The number of carbonyl (C=O) groups excluding carboxylic acids is 2. The Kier molecular flexibility index (Phi) is 7.18. The van der Waals surface area contributed by atoms with Crippen LogP contribution >= 0.6 is 15.9 Å². The van der Waals surface area contributed by atoms with Gasteiger partial charge in [-0.1, -0.05) is 0 Å². The molecule has 6 nitrogen and oxygen atoms in total. The topological polar surface area (TPSA) is 88.4 Å². The molecule has 0 atom stereocenters. The molecule has 0 unspecified atom stereocenters. The summed E-state index contributed by atoms with van der Waals surface area (Å²) in [5.41, 5.74) is 0. The second kappa shape index (κ2) is 8.92. The van der Waals surface area contributed by atoms with Crippen molar-refractivity contribution >= 4 is 27.8 Å². The molecule has 0 fully saturated rings. The second-order valence-electron chi connectivity index (χ2n) is 3.78. The minimum absolute atomic E-state index is 0.182. The minimum atomic E-state index is -0.735. The summed E-state index contributed by atoms with van der Waals surface area (Å²) < 4.78 is 23.0. The van der Waals surface area contributed by atoms with Gasteiger partial charge in [-0.15, -0.1) is 0 Å². The molecular weight excluding hydrogens is 347 g/mol. The van der Waals surface area contributed by atoms with Crippen molar-refractivity contribution in [2.24, 2.45) is 0 Å². The van der Waals surface area contributed by atoms with Crippen molar-refractivity contribution in [3.63, 3.8) is 0 Å². The maximum atomic E-state index is 12.8. The number of hydrogen-bond donors (Lipinski definition) is 1. The Morgan fingerprint density at radius 1 is 1.38 bits per heavy atom. The first kappa shape index (κ1) is 16.9. The lowest BCUT2D eigenvalue weighted by Gasteiger charge is -2.08. The Bertz CT molecular complexity index is 560. The first-order valence-electron chi connectivity index (χ1n) is 5.90. The summed E-state index contributed by atoms with van der Waals surface area (Å²) >= 11 is 3.09. The summed E-state index contributed by atoms with van der Waals surface area (Å²) in [4.78, 5) is 22.6. The molecule has 1 amide bonds. The highest BCUT2D eigenvalue weighted by Gasteiger charge is 2.09. The number of esters is 1. The van der Waals surface area contributed by atoms with E-state index in [0.29, 0.717) is 4.47 Å². The molecule has 1 aromatic carbocycles. The highest BCUT2D eigenvalue weighted by Crippen LogP contribution is 2.25. The molecule has 0 aromatic heterocycles. The van der Waals surface area contributed by atoms with Gasteiger partial charge in [-0.3, -0.25) is 4.79 Å². The second-order valence-corrected chi connectivity index (χ2v) is 4.64. The Hall–Kier alpha value is -2.14. The Balaban J connectivity index is 2.28. The van der Waals surface area contributed by atoms with Crippen LogP contribution in [0.1, 0.15) is 6.42 Å². The molecule has 0 radical (unpaired) electrons. The van der Waals surface area contributed by atoms with Gasteiger partial charge in [0.05, 0.1) is 17.0 Å². The maximum absolute atomic E-state index is 12.8. The van der Waals surface area contributed by atoms with Crippen molar-refractivity contribution in [3.8, 4) is 11.8 Å². The molecule has 0 aliphatic carbocycles. The fraction of sp³-hybridized carbons (Fsp3) is 0.308. The normalized spacial score (nSPS) is 9.57. The average molecular weight is 359 g/mol. The van der Waals surface area contributed by atoms with Crippen molar-refractivity contribution in [1.29, 1.82) is 5.26 Å². The van der Waals surface area contributed by atoms with Gasteiger partial charge in [-0.25, -0.2) is 9.18 Å². The molecule has 8 heteroatoms. The van der Waals surface area contributed by atoms with E-state index in [4.69, 9.17) is 10.00 Å². The Morgan fingerprint density at radius 3 is 2.81 bits per heavy atom. The van der Waals surface area contributed by atoms with Crippen LogP contribution in [0.5, 0.6) is 5.75 Å². The van der Waals surface area contributed by atoms with E-state index in [1.165, 1.54) is 18.2 Å². The third-order valence-corrected chi connectivity index (χ3v) is 2.78. The van der Waals surface area contributed by atoms with Gasteiger partial charge in [-0.2, -0.15) is 5.26 Å². The Morgan fingerprint density at radius 2 is 2.14 bits per heavy atom. The fourth-order valence-corrected chi connectivity index (χ4v) is 1.69. The molecule has 0 heterocycles. The van der Waals surface area contributed by atoms with E-state index in [2.05, 4.69) is 26.0 Å². The van der Waals surface area contributed by atoms with Gasteiger partial charge in [0, 0.05) is 6.54 Å². The molecule has 0 aliphatic heterocycles. The molecule has 1 rings (SSSR count). The number of carbonyl (C=O) groups is 2. The lowest BCUT2D eigenvalue weighted by atomic mass is 10.3. The quantitative estimate of drug-likeness (QED) is 0.589. The molecule has 112 valence electrons. The summed E-state index contributed by atoms with van der Waals surface area (Å²) in [7, 11) is 0. The lowest BCUT2D eigenvalue weighted by molar-refractivity contribution is -0.150. The average Bonchev–Trinajstić information content (AvgIpc) is 2.44. The van der Waals surface area contributed by atoms with Crippen LogP contribution in [0.4, 0.5) is 4.39 Å². The van der Waals surface area contributed by atoms with Crippen molar-refractivity contribution in [2.45, 2.75) is 6.42 Å². The van der Waals surface area contributed by atoms with Gasteiger partial charge < -0.3 is 14.8 Å². The number of benzene rings is 1. The summed E-state index contributed by atoms with van der Waals surface area (Å²) in [6, 6.07) is 5.61. The summed E-state index contributed by atoms with van der Waals surface area (Å²) in [5, 5.41) is 10.7. The zero-order chi connectivity index (χ0) is 15.7. The monoisotopic (exact) mass is 358 g/mol. The molecule has 0 saturated heterocycles. The molecular formula is C13H12BrFN2O4. The lowest BCUT2D eigenvalue weighted by Crippen LogP contribution is -2.30. The predicted molar refractivity (Wildman–Crippen MR) is 73.8 cm³/mol. The van der Waals surface area contributed by atoms with Crippen molar-refractivity contribution in [2.75, 3.05) is 19.8 Å². The number of nitrogens with zero attached hydrogens (tertiary/aromatic N) is 1. The number of nitrogens with one attached hydrogen (secondary N) is 1. The molecule has 21 heavy (non-hydrogen) atoms. The van der Waals surface area contributed by atoms with Crippen LogP contribution < -0.4 is 10.1 Å². The third-order valence-electron chi connectivity index (χ3n) is 2.16. The first-order chi connectivity index (χ1) is 10.0. The van der Waals surface area contributed by atoms with Gasteiger partial charge >= 0.3 is 5.97 Å². The molecule has 0 aliphatic rings. The van der Waals surface area contributed by atoms with Crippen molar-refractivity contribution < 1.29 is 23.5 Å². The summed E-state index contributed by atoms with van der Waals surface area (Å²) in [6.07, 6.45) is 0.182. The minimum Gasteiger partial charge on any atom is -0.481 e. The maximum Gasteiger partial charge on any atom is 0.344 e. The summed E-state index contributed by atoms with van der Waals surface area (Å²) in [6.45, 7) is -0.653. The van der Waals surface area contributed by atoms with Crippen molar-refractivity contribution in [1.82, 2.24) is 5.32 Å². The number of rotatable bonds is 7. The zero-order valence-electron chi connectivity index (χ0n) is 10.9. The van der Waals surface area contributed by atoms with Crippen LogP contribution in [0, 0.1) is 17.1 Å². The van der Waals surface area contributed by atoms with Crippen LogP contribution in [0.2, 0.25) is 0 Å². The first-order valence-corrected chi connectivity index (χ1v) is 6.69. The van der Waals surface area contributed by atoms with Crippen LogP contribution in [-0.4, -0.2) is 31.6 Å². The van der Waals surface area contributed by atoms with E-state index in [9.17, 15) is 14.0 Å². The smallest absolute Gasteiger partial charge is 0.344 e. The van der Waals surface area contributed by atoms with Crippen LogP contribution in [0.15, 0.2) is 22.7 Å². The van der Waals surface area contributed by atoms with Crippen LogP contribution in [0.3, 0.4) is 0 Å². The van der Waals surface area contributed by atoms with Crippen molar-refractivity contribution in [3.05, 3.63) is 28.5 Å². The molecule has 0 bridgehead atoms. The van der Waals surface area contributed by atoms with E-state index in [1.54, 1.807) is 0 Å². The van der Waals surface area contributed by atoms with Gasteiger partial charge in [-0.05, 0) is 34.1 Å².